The molecule has 220 valence electrons. The number of carbonyl (C=O) groups excluding carboxylic acids is 3. The maximum absolute atomic E-state index is 14.0. The molecule has 0 bridgehead atoms. The molecule has 3 amide bonds. The van der Waals surface area contributed by atoms with Gasteiger partial charge in [0.1, 0.15) is 11.0 Å². The first kappa shape index (κ1) is 29.0. The fourth-order valence-corrected chi connectivity index (χ4v) is 7.87. The zero-order valence-corrected chi connectivity index (χ0v) is 24.1. The number of thioether (sulfide) groups is 1. The molecule has 2 aliphatic heterocycles. The number of nitrogens with zero attached hydrogens (tertiary/aromatic N) is 1. The molecule has 3 unspecified atom stereocenters. The van der Waals surface area contributed by atoms with Crippen LogP contribution in [0.2, 0.25) is 5.02 Å². The molecule has 0 aliphatic carbocycles. The maximum Gasteiger partial charge on any atom is 0.416 e. The van der Waals surface area contributed by atoms with Gasteiger partial charge in [-0.2, -0.15) is 13.2 Å². The molecular weight excluding hydrogens is 627 g/mol. The highest BCUT2D eigenvalue weighted by Crippen LogP contribution is 2.55. The topological polar surface area (TPSA) is 109 Å². The Morgan fingerprint density at radius 1 is 1.00 bits per heavy atom. The van der Waals surface area contributed by atoms with E-state index in [1.54, 1.807) is 30.3 Å². The van der Waals surface area contributed by atoms with Crippen LogP contribution in [0.25, 0.3) is 0 Å². The molecule has 14 heteroatoms. The first-order valence-electron chi connectivity index (χ1n) is 12.7. The molecular formula is C29H19ClF3N3O5S2. The van der Waals surface area contributed by atoms with Crippen LogP contribution in [0.5, 0.6) is 5.75 Å². The largest absolute Gasteiger partial charge is 0.483 e. The van der Waals surface area contributed by atoms with Crippen molar-refractivity contribution in [3.8, 4) is 5.75 Å². The van der Waals surface area contributed by atoms with E-state index in [0.717, 1.165) is 46.2 Å². The van der Waals surface area contributed by atoms with Gasteiger partial charge >= 0.3 is 11.0 Å². The van der Waals surface area contributed by atoms with Gasteiger partial charge in [0.15, 0.2) is 6.61 Å². The summed E-state index contributed by atoms with van der Waals surface area (Å²) in [4.78, 5) is 56.2. The third-order valence-corrected chi connectivity index (χ3v) is 9.62. The number of carbonyl (C=O) groups is 3. The number of hydrogen-bond donors (Lipinski definition) is 2. The summed E-state index contributed by atoms with van der Waals surface area (Å²) >= 11 is 8.18. The minimum atomic E-state index is -4.69. The van der Waals surface area contributed by atoms with E-state index in [2.05, 4.69) is 10.3 Å². The third-order valence-electron chi connectivity index (χ3n) is 6.98. The zero-order valence-electron chi connectivity index (χ0n) is 21.7. The molecule has 2 N–H and O–H groups in total. The highest BCUT2D eigenvalue weighted by molar-refractivity contribution is 8.00. The Hall–Kier alpha value is -4.07. The number of anilines is 2. The Balaban J connectivity index is 1.38. The van der Waals surface area contributed by atoms with E-state index in [0.29, 0.717) is 21.2 Å². The van der Waals surface area contributed by atoms with Gasteiger partial charge in [0.05, 0.1) is 22.2 Å². The number of hydrogen-bond acceptors (Lipinski definition) is 7. The van der Waals surface area contributed by atoms with Crippen LogP contribution in [0.15, 0.2) is 82.6 Å². The molecule has 1 fully saturated rings. The second-order valence-corrected chi connectivity index (χ2v) is 12.3. The molecule has 2 aliphatic rings. The summed E-state index contributed by atoms with van der Waals surface area (Å²) in [5.74, 6) is -3.75. The lowest BCUT2D eigenvalue weighted by Gasteiger charge is -2.31. The summed E-state index contributed by atoms with van der Waals surface area (Å²) in [5.41, 5.74) is -0.312. The molecule has 6 rings (SSSR count). The number of alkyl halides is 3. The van der Waals surface area contributed by atoms with Gasteiger partial charge in [-0.1, -0.05) is 59.0 Å². The summed E-state index contributed by atoms with van der Waals surface area (Å²) in [7, 11) is 0. The number of thiazole rings is 1. The summed E-state index contributed by atoms with van der Waals surface area (Å²) < 4.78 is 46.3. The fraction of sp³-hybridized carbons (Fsp3) is 0.172. The van der Waals surface area contributed by atoms with E-state index in [9.17, 15) is 32.3 Å². The smallest absolute Gasteiger partial charge is 0.416 e. The van der Waals surface area contributed by atoms with Crippen LogP contribution < -0.4 is 19.8 Å². The van der Waals surface area contributed by atoms with Crippen molar-refractivity contribution in [1.29, 1.82) is 0 Å². The molecule has 3 atom stereocenters. The summed E-state index contributed by atoms with van der Waals surface area (Å²) in [6.07, 6.45) is -4.69. The van der Waals surface area contributed by atoms with E-state index in [1.165, 1.54) is 24.3 Å². The number of ether oxygens (including phenoxy) is 1. The molecule has 0 spiro atoms. The summed E-state index contributed by atoms with van der Waals surface area (Å²) in [6, 6.07) is 17.3. The van der Waals surface area contributed by atoms with Crippen LogP contribution in [0.4, 0.5) is 24.5 Å². The van der Waals surface area contributed by atoms with Crippen LogP contribution in [-0.4, -0.2) is 34.6 Å². The van der Waals surface area contributed by atoms with Gasteiger partial charge in [0, 0.05) is 27.1 Å². The summed E-state index contributed by atoms with van der Waals surface area (Å²) in [6.45, 7) is -0.404. The second-order valence-electron chi connectivity index (χ2n) is 9.69. The average molecular weight is 646 g/mol. The van der Waals surface area contributed by atoms with Gasteiger partial charge in [-0.25, -0.2) is 4.90 Å². The van der Waals surface area contributed by atoms with Crippen LogP contribution in [0.1, 0.15) is 21.9 Å². The first-order valence-corrected chi connectivity index (χ1v) is 14.8. The second kappa shape index (κ2) is 11.2. The number of aromatic nitrogens is 1. The van der Waals surface area contributed by atoms with Crippen molar-refractivity contribution in [2.24, 2.45) is 5.92 Å². The van der Waals surface area contributed by atoms with E-state index in [1.807, 2.05) is 0 Å². The van der Waals surface area contributed by atoms with Crippen molar-refractivity contribution in [2.75, 3.05) is 16.8 Å². The number of nitrogens with one attached hydrogen (secondary N) is 2. The number of para-hydroxylation sites is 1. The number of fused-ring (bicyclic) bond motifs is 2. The van der Waals surface area contributed by atoms with E-state index >= 15 is 0 Å². The molecule has 0 radical (unpaired) electrons. The molecule has 8 nitrogen and oxygen atoms in total. The highest BCUT2D eigenvalue weighted by Gasteiger charge is 2.57. The SMILES string of the molecule is O=C(COc1ccc(Cl)cc1C1c2sc(=O)[nH]c2SC2C(=O)N(c3cccc(C(F)(F)F)c3)C(=O)C21)Nc1ccccc1. The van der Waals surface area contributed by atoms with Crippen molar-refractivity contribution < 1.29 is 32.3 Å². The molecule has 4 aromatic rings. The van der Waals surface area contributed by atoms with Crippen LogP contribution in [0.3, 0.4) is 0 Å². The average Bonchev–Trinajstić information content (AvgIpc) is 3.46. The van der Waals surface area contributed by atoms with E-state index in [4.69, 9.17) is 16.3 Å². The Morgan fingerprint density at radius 2 is 1.77 bits per heavy atom. The number of amides is 3. The number of benzene rings is 3. The molecule has 3 aromatic carbocycles. The van der Waals surface area contributed by atoms with E-state index < -0.39 is 58.0 Å². The van der Waals surface area contributed by atoms with Crippen molar-refractivity contribution in [2.45, 2.75) is 22.4 Å². The van der Waals surface area contributed by atoms with Gasteiger partial charge < -0.3 is 15.0 Å². The number of imide groups is 1. The predicted molar refractivity (Wildman–Crippen MR) is 156 cm³/mol. The van der Waals surface area contributed by atoms with Crippen LogP contribution in [0, 0.1) is 5.92 Å². The number of halogens is 4. The lowest BCUT2D eigenvalue weighted by atomic mass is 9.82. The van der Waals surface area contributed by atoms with E-state index in [-0.39, 0.29) is 16.5 Å². The monoisotopic (exact) mass is 645 g/mol. The molecule has 1 saturated heterocycles. The lowest BCUT2D eigenvalue weighted by Crippen LogP contribution is -2.32. The minimum Gasteiger partial charge on any atom is -0.483 e. The van der Waals surface area contributed by atoms with Crippen molar-refractivity contribution in [3.63, 3.8) is 0 Å². The quantitative estimate of drug-likeness (QED) is 0.252. The number of H-pyrrole nitrogens is 1. The van der Waals surface area contributed by atoms with Crippen molar-refractivity contribution >= 4 is 63.8 Å². The Labute approximate surface area is 254 Å². The molecule has 1 aromatic heterocycles. The molecule has 43 heavy (non-hydrogen) atoms. The van der Waals surface area contributed by atoms with Crippen molar-refractivity contribution in [3.05, 3.63) is 103 Å². The third kappa shape index (κ3) is 5.55. The van der Waals surface area contributed by atoms with Crippen molar-refractivity contribution in [1.82, 2.24) is 4.98 Å². The molecule has 3 heterocycles. The van der Waals surface area contributed by atoms with Gasteiger partial charge in [0.2, 0.25) is 11.8 Å². The highest BCUT2D eigenvalue weighted by atomic mass is 35.5. The maximum atomic E-state index is 14.0. The predicted octanol–water partition coefficient (Wildman–Crippen LogP) is 5.92. The number of aromatic amines is 1. The van der Waals surface area contributed by atoms with Gasteiger partial charge in [-0.05, 0) is 48.5 Å². The Bertz CT molecular complexity index is 1810. The standard InChI is InChI=1S/C29H19ClF3N3O5S2/c30-15-9-10-19(41-13-20(37)34-16-6-2-1-3-7-16)18(12-15)21-22-24(42-25-23(21)43-28(40)35-25)27(39)36(26(22)38)17-8-4-5-14(11-17)29(31,32)33/h1-12,21-22,24H,13H2,(H,34,37)(H,35,40). The minimum absolute atomic E-state index is 0.188. The van der Waals surface area contributed by atoms with Crippen LogP contribution in [-0.2, 0) is 20.6 Å². The summed E-state index contributed by atoms with van der Waals surface area (Å²) in [5, 5.41) is 2.28. The molecule has 0 saturated carbocycles. The van der Waals surface area contributed by atoms with Crippen LogP contribution >= 0.6 is 34.7 Å². The Kier molecular flexibility index (Phi) is 7.57. The Morgan fingerprint density at radius 3 is 2.51 bits per heavy atom. The fourth-order valence-electron chi connectivity index (χ4n) is 5.18. The number of rotatable bonds is 6. The van der Waals surface area contributed by atoms with Gasteiger partial charge in [-0.15, -0.1) is 0 Å². The zero-order chi connectivity index (χ0) is 30.5. The first-order chi connectivity index (χ1) is 20.5. The lowest BCUT2D eigenvalue weighted by molar-refractivity contribution is -0.137. The van der Waals surface area contributed by atoms with Gasteiger partial charge in [0.25, 0.3) is 5.91 Å². The normalized spacial score (nSPS) is 19.6. The van der Waals surface area contributed by atoms with Gasteiger partial charge in [-0.3, -0.25) is 19.2 Å².